The van der Waals surface area contributed by atoms with Gasteiger partial charge in [0.2, 0.25) is 6.79 Å². The highest BCUT2D eigenvalue weighted by Crippen LogP contribution is 2.36. The topological polar surface area (TPSA) is 38.7 Å². The van der Waals surface area contributed by atoms with Gasteiger partial charge in [-0.1, -0.05) is 96.1 Å². The van der Waals surface area contributed by atoms with Crippen LogP contribution in [0, 0.1) is 20.8 Å². The quantitative estimate of drug-likeness (QED) is 0.438. The van der Waals surface area contributed by atoms with Crippen molar-refractivity contribution in [2.24, 2.45) is 0 Å². The van der Waals surface area contributed by atoms with Crippen LogP contribution in [-0.4, -0.2) is 11.9 Å². The number of rotatable bonds is 2. The van der Waals surface area contributed by atoms with E-state index >= 15 is 0 Å². The second-order valence-corrected chi connectivity index (χ2v) is 6.46. The first-order valence-electron chi connectivity index (χ1n) is 11.7. The van der Waals surface area contributed by atoms with Crippen LogP contribution in [0.2, 0.25) is 0 Å². The van der Waals surface area contributed by atoms with Crippen LogP contribution in [0.3, 0.4) is 0 Å². The highest BCUT2D eigenvalue weighted by molar-refractivity contribution is 5.47. The van der Waals surface area contributed by atoms with Crippen molar-refractivity contribution < 1.29 is 14.6 Å². The molecular formula is C29H42O3. The lowest BCUT2D eigenvalue weighted by Crippen LogP contribution is -2.01. The Hall–Kier alpha value is -2.78. The first-order valence-corrected chi connectivity index (χ1v) is 11.7. The van der Waals surface area contributed by atoms with Gasteiger partial charge in [0.25, 0.3) is 0 Å². The van der Waals surface area contributed by atoms with Crippen molar-refractivity contribution in [2.75, 3.05) is 6.79 Å². The molecule has 1 unspecified atom stereocenters. The standard InChI is InChI=1S/C15H14O3.C8H10.3C2H6/c1-10-4-2-3-5-12(10)15(16)11-6-7-13-14(8-11)18-9-17-13;1-7-5-3-4-6-8(7)2;3*1-2/h2-8,15-16H,9H2,1H3;3-6H,1-2H3;3*1-2H3. The first kappa shape index (κ1) is 29.2. The second kappa shape index (κ2) is 16.9. The van der Waals surface area contributed by atoms with Gasteiger partial charge < -0.3 is 14.6 Å². The second-order valence-electron chi connectivity index (χ2n) is 6.46. The zero-order valence-corrected chi connectivity index (χ0v) is 21.4. The summed E-state index contributed by atoms with van der Waals surface area (Å²) in [6.07, 6.45) is -0.638. The van der Waals surface area contributed by atoms with Crippen molar-refractivity contribution in [1.29, 1.82) is 0 Å². The van der Waals surface area contributed by atoms with Crippen molar-refractivity contribution >= 4 is 0 Å². The maximum Gasteiger partial charge on any atom is 0.231 e. The van der Waals surface area contributed by atoms with E-state index in [9.17, 15) is 5.11 Å². The molecule has 0 spiro atoms. The molecule has 3 aromatic rings. The fourth-order valence-electron chi connectivity index (χ4n) is 2.82. The summed E-state index contributed by atoms with van der Waals surface area (Å²) < 4.78 is 10.6. The third kappa shape index (κ3) is 8.76. The monoisotopic (exact) mass is 438 g/mol. The highest BCUT2D eigenvalue weighted by atomic mass is 16.7. The summed E-state index contributed by atoms with van der Waals surface area (Å²) in [5.74, 6) is 1.43. The molecule has 4 rings (SSSR count). The smallest absolute Gasteiger partial charge is 0.231 e. The van der Waals surface area contributed by atoms with E-state index in [0.29, 0.717) is 5.75 Å². The van der Waals surface area contributed by atoms with Gasteiger partial charge in [-0.3, -0.25) is 0 Å². The number of fused-ring (bicyclic) bond motifs is 1. The van der Waals surface area contributed by atoms with Crippen LogP contribution in [0.5, 0.6) is 11.5 Å². The van der Waals surface area contributed by atoms with E-state index in [0.717, 1.165) is 22.4 Å². The van der Waals surface area contributed by atoms with E-state index in [1.54, 1.807) is 0 Å². The molecule has 1 aliphatic heterocycles. The van der Waals surface area contributed by atoms with Crippen LogP contribution >= 0.6 is 0 Å². The van der Waals surface area contributed by atoms with Crippen LogP contribution in [0.1, 0.15) is 75.5 Å². The maximum atomic E-state index is 10.4. The van der Waals surface area contributed by atoms with E-state index in [-0.39, 0.29) is 6.79 Å². The average molecular weight is 439 g/mol. The lowest BCUT2D eigenvalue weighted by molar-refractivity contribution is 0.173. The van der Waals surface area contributed by atoms with Crippen LogP contribution in [0.4, 0.5) is 0 Å². The molecule has 0 radical (unpaired) electrons. The lowest BCUT2D eigenvalue weighted by atomic mass is 9.97. The maximum absolute atomic E-state index is 10.4. The number of aliphatic hydroxyl groups is 1. The molecule has 3 nitrogen and oxygen atoms in total. The average Bonchev–Trinajstić information content (AvgIpc) is 3.33. The number of aryl methyl sites for hydroxylation is 3. The third-order valence-corrected chi connectivity index (χ3v) is 4.62. The SMILES string of the molecule is CC.CC.CC.Cc1ccccc1C.Cc1ccccc1C(O)c1ccc2c(c1)OCO2. The molecule has 176 valence electrons. The predicted octanol–water partition coefficient (Wildman–Crippen LogP) is 8.19. The van der Waals surface area contributed by atoms with Crippen molar-refractivity contribution in [3.05, 3.63) is 94.5 Å². The Bertz CT molecular complexity index is 866. The van der Waals surface area contributed by atoms with Gasteiger partial charge in [0, 0.05) is 0 Å². The molecule has 1 aliphatic rings. The fraction of sp³-hybridized carbons (Fsp3) is 0.379. The van der Waals surface area contributed by atoms with Crippen LogP contribution < -0.4 is 9.47 Å². The molecule has 3 heteroatoms. The van der Waals surface area contributed by atoms with Crippen LogP contribution in [-0.2, 0) is 0 Å². The molecule has 0 amide bonds. The number of benzene rings is 3. The third-order valence-electron chi connectivity index (χ3n) is 4.62. The number of hydrogen-bond donors (Lipinski definition) is 1. The molecule has 0 fully saturated rings. The van der Waals surface area contributed by atoms with Gasteiger partial charge in [-0.2, -0.15) is 0 Å². The molecule has 1 atom stereocenters. The zero-order valence-electron chi connectivity index (χ0n) is 21.4. The van der Waals surface area contributed by atoms with Crippen molar-refractivity contribution in [1.82, 2.24) is 0 Å². The minimum absolute atomic E-state index is 0.249. The molecule has 32 heavy (non-hydrogen) atoms. The summed E-state index contributed by atoms with van der Waals surface area (Å²) in [4.78, 5) is 0. The van der Waals surface area contributed by atoms with Gasteiger partial charge in [0.1, 0.15) is 6.10 Å². The number of ether oxygens (including phenoxy) is 2. The Morgan fingerprint density at radius 1 is 0.625 bits per heavy atom. The fourth-order valence-corrected chi connectivity index (χ4v) is 2.82. The van der Waals surface area contributed by atoms with E-state index in [4.69, 9.17) is 9.47 Å². The Kier molecular flexibility index (Phi) is 15.4. The molecule has 0 saturated heterocycles. The summed E-state index contributed by atoms with van der Waals surface area (Å²) in [6, 6.07) is 21.7. The van der Waals surface area contributed by atoms with Gasteiger partial charge in [-0.05, 0) is 60.7 Å². The Balaban J connectivity index is 0.000000577. The summed E-state index contributed by atoms with van der Waals surface area (Å²) in [5, 5.41) is 10.4. The summed E-state index contributed by atoms with van der Waals surface area (Å²) in [5.41, 5.74) is 5.53. The van der Waals surface area contributed by atoms with Crippen LogP contribution in [0.25, 0.3) is 0 Å². The molecule has 0 aliphatic carbocycles. The Morgan fingerprint density at radius 2 is 1.09 bits per heavy atom. The number of aliphatic hydroxyl groups excluding tert-OH is 1. The molecule has 3 aromatic carbocycles. The van der Waals surface area contributed by atoms with E-state index < -0.39 is 6.10 Å². The Morgan fingerprint density at radius 3 is 1.59 bits per heavy atom. The molecule has 0 bridgehead atoms. The predicted molar refractivity (Wildman–Crippen MR) is 138 cm³/mol. The van der Waals surface area contributed by atoms with Crippen molar-refractivity contribution in [3.8, 4) is 11.5 Å². The van der Waals surface area contributed by atoms with Crippen LogP contribution in [0.15, 0.2) is 66.7 Å². The molecule has 0 saturated carbocycles. The van der Waals surface area contributed by atoms with E-state index in [1.165, 1.54) is 11.1 Å². The minimum atomic E-state index is -0.638. The normalized spacial score (nSPS) is 11.1. The summed E-state index contributed by atoms with van der Waals surface area (Å²) in [7, 11) is 0. The van der Waals surface area contributed by atoms with Gasteiger partial charge in [-0.15, -0.1) is 0 Å². The summed E-state index contributed by atoms with van der Waals surface area (Å²) in [6.45, 7) is 18.5. The Labute approximate surface area is 196 Å². The van der Waals surface area contributed by atoms with Gasteiger partial charge in [-0.25, -0.2) is 0 Å². The zero-order chi connectivity index (χ0) is 24.5. The highest BCUT2D eigenvalue weighted by Gasteiger charge is 2.18. The van der Waals surface area contributed by atoms with E-state index in [1.807, 2.05) is 90.9 Å². The van der Waals surface area contributed by atoms with Crippen molar-refractivity contribution in [3.63, 3.8) is 0 Å². The van der Waals surface area contributed by atoms with E-state index in [2.05, 4.69) is 38.1 Å². The van der Waals surface area contributed by atoms with Crippen molar-refractivity contribution in [2.45, 2.75) is 68.4 Å². The molecule has 1 N–H and O–H groups in total. The number of hydrogen-bond acceptors (Lipinski definition) is 3. The van der Waals surface area contributed by atoms with Gasteiger partial charge in [0.15, 0.2) is 11.5 Å². The largest absolute Gasteiger partial charge is 0.454 e. The minimum Gasteiger partial charge on any atom is -0.454 e. The molecular weight excluding hydrogens is 396 g/mol. The first-order chi connectivity index (χ1) is 15.6. The molecule has 1 heterocycles. The van der Waals surface area contributed by atoms with Gasteiger partial charge >= 0.3 is 0 Å². The van der Waals surface area contributed by atoms with Gasteiger partial charge in [0.05, 0.1) is 0 Å². The lowest BCUT2D eigenvalue weighted by Gasteiger charge is -2.14. The summed E-state index contributed by atoms with van der Waals surface area (Å²) >= 11 is 0. The molecule has 0 aromatic heterocycles.